The van der Waals surface area contributed by atoms with E-state index in [1.54, 1.807) is 33.2 Å². The monoisotopic (exact) mass is 479 g/mol. The number of anilines is 3. The van der Waals surface area contributed by atoms with Crippen molar-refractivity contribution in [3.63, 3.8) is 0 Å². The maximum absolute atomic E-state index is 13.0. The van der Waals surface area contributed by atoms with Gasteiger partial charge < -0.3 is 20.7 Å². The molecular weight excluding hydrogens is 463 g/mol. The predicted octanol–water partition coefficient (Wildman–Crippen LogP) is 3.47. The standard InChI is InChI=1S/C19H16F3N7O3S/c1-18(2)9-5-10(24-7-11(9)29(3)15(18)30)13-26-17(33-28-13)27-14-12(32-16(23)31)4-8(6-25-14)19(20,21)22/h4-7H,1-3H3,(H2,23,31)(H,25,26,27,28). The van der Waals surface area contributed by atoms with Crippen molar-refractivity contribution in [2.75, 3.05) is 17.3 Å². The number of halogens is 3. The van der Waals surface area contributed by atoms with Crippen molar-refractivity contribution < 1.29 is 27.5 Å². The first-order valence-corrected chi connectivity index (χ1v) is 10.1. The third kappa shape index (κ3) is 4.04. The van der Waals surface area contributed by atoms with E-state index in [1.165, 1.54) is 4.90 Å². The summed E-state index contributed by atoms with van der Waals surface area (Å²) in [7, 11) is 1.67. The number of rotatable bonds is 4. The van der Waals surface area contributed by atoms with Gasteiger partial charge in [0, 0.05) is 24.8 Å². The number of aromatic nitrogens is 4. The number of nitrogens with zero attached hydrogens (tertiary/aromatic N) is 5. The van der Waals surface area contributed by atoms with E-state index < -0.39 is 29.0 Å². The molecule has 3 aromatic heterocycles. The molecule has 3 aromatic rings. The van der Waals surface area contributed by atoms with Crippen LogP contribution < -0.4 is 20.7 Å². The number of alkyl halides is 3. The number of carbonyl (C=O) groups is 2. The van der Waals surface area contributed by atoms with E-state index in [1.807, 2.05) is 0 Å². The Morgan fingerprint density at radius 3 is 2.64 bits per heavy atom. The van der Waals surface area contributed by atoms with Crippen molar-refractivity contribution in [2.24, 2.45) is 5.73 Å². The molecule has 0 saturated carbocycles. The predicted molar refractivity (Wildman–Crippen MR) is 112 cm³/mol. The minimum atomic E-state index is -4.69. The Kier molecular flexibility index (Phi) is 5.19. The van der Waals surface area contributed by atoms with Crippen LogP contribution >= 0.6 is 11.5 Å². The second-order valence-corrected chi connectivity index (χ2v) is 8.37. The molecule has 0 bridgehead atoms. The van der Waals surface area contributed by atoms with Gasteiger partial charge in [-0.1, -0.05) is 0 Å². The van der Waals surface area contributed by atoms with Crippen LogP contribution in [0.4, 0.5) is 34.6 Å². The van der Waals surface area contributed by atoms with Crippen LogP contribution in [0.15, 0.2) is 24.5 Å². The number of likely N-dealkylation sites (N-methyl/N-ethyl adjacent to an activating group) is 1. The second kappa shape index (κ2) is 7.65. The first-order chi connectivity index (χ1) is 15.4. The molecule has 172 valence electrons. The summed E-state index contributed by atoms with van der Waals surface area (Å²) in [6, 6.07) is 2.32. The van der Waals surface area contributed by atoms with E-state index in [-0.39, 0.29) is 22.7 Å². The highest BCUT2D eigenvalue weighted by atomic mass is 32.1. The van der Waals surface area contributed by atoms with Gasteiger partial charge in [-0.05, 0) is 31.5 Å². The Morgan fingerprint density at radius 1 is 1.24 bits per heavy atom. The molecule has 0 atom stereocenters. The highest BCUT2D eigenvalue weighted by molar-refractivity contribution is 7.09. The highest BCUT2D eigenvalue weighted by Crippen LogP contribution is 2.41. The summed E-state index contributed by atoms with van der Waals surface area (Å²) in [5, 5.41) is 2.83. The number of carbonyl (C=O) groups excluding carboxylic acids is 2. The molecule has 4 heterocycles. The molecule has 0 fully saturated rings. The number of ether oxygens (including phenoxy) is 1. The molecule has 0 aromatic carbocycles. The summed E-state index contributed by atoms with van der Waals surface area (Å²) in [4.78, 5) is 37.4. The molecule has 0 spiro atoms. The number of nitrogens with one attached hydrogen (secondary N) is 1. The van der Waals surface area contributed by atoms with E-state index in [0.717, 1.165) is 17.1 Å². The molecule has 14 heteroatoms. The molecule has 3 N–H and O–H groups in total. The van der Waals surface area contributed by atoms with Crippen LogP contribution in [0.2, 0.25) is 0 Å². The SMILES string of the molecule is CN1C(=O)C(C)(C)c2cc(-c3nsc(Nc4ncc(C(F)(F)F)cc4OC(N)=O)n3)ncc21. The van der Waals surface area contributed by atoms with Gasteiger partial charge in [-0.2, -0.15) is 22.5 Å². The van der Waals surface area contributed by atoms with Crippen LogP contribution in [0.25, 0.3) is 11.5 Å². The quantitative estimate of drug-likeness (QED) is 0.581. The van der Waals surface area contributed by atoms with E-state index in [0.29, 0.717) is 23.6 Å². The fraction of sp³-hybridized carbons (Fsp3) is 0.263. The topological polar surface area (TPSA) is 136 Å². The van der Waals surface area contributed by atoms with Gasteiger partial charge in [0.15, 0.2) is 17.4 Å². The second-order valence-electron chi connectivity index (χ2n) is 7.61. The van der Waals surface area contributed by atoms with E-state index in [2.05, 4.69) is 29.4 Å². The molecule has 0 radical (unpaired) electrons. The molecule has 4 rings (SSSR count). The van der Waals surface area contributed by atoms with Gasteiger partial charge in [-0.25, -0.2) is 9.78 Å². The minimum Gasteiger partial charge on any atom is -0.407 e. The first kappa shape index (κ1) is 22.4. The summed E-state index contributed by atoms with van der Waals surface area (Å²) < 4.78 is 47.8. The van der Waals surface area contributed by atoms with Crippen LogP contribution in [-0.4, -0.2) is 38.4 Å². The molecule has 1 aliphatic heterocycles. The molecular formula is C19H16F3N7O3S. The summed E-state index contributed by atoms with van der Waals surface area (Å²) in [5.74, 6) is -0.569. The molecule has 33 heavy (non-hydrogen) atoms. The molecule has 0 saturated heterocycles. The molecule has 0 unspecified atom stereocenters. The summed E-state index contributed by atoms with van der Waals surface area (Å²) in [6.45, 7) is 3.61. The zero-order valence-corrected chi connectivity index (χ0v) is 18.2. The fourth-order valence-corrected chi connectivity index (χ4v) is 3.92. The molecule has 0 aliphatic carbocycles. The van der Waals surface area contributed by atoms with Crippen LogP contribution in [-0.2, 0) is 16.4 Å². The summed E-state index contributed by atoms with van der Waals surface area (Å²) in [6.07, 6.45) is -3.86. The lowest BCUT2D eigenvalue weighted by Crippen LogP contribution is -2.33. The van der Waals surface area contributed by atoms with Crippen molar-refractivity contribution in [1.82, 2.24) is 19.3 Å². The van der Waals surface area contributed by atoms with Crippen molar-refractivity contribution >= 4 is 40.2 Å². The first-order valence-electron chi connectivity index (χ1n) is 9.32. The van der Waals surface area contributed by atoms with Gasteiger partial charge in [-0.3, -0.25) is 9.78 Å². The van der Waals surface area contributed by atoms with Gasteiger partial charge in [-0.15, -0.1) is 0 Å². The van der Waals surface area contributed by atoms with Crippen molar-refractivity contribution in [3.8, 4) is 17.3 Å². The Morgan fingerprint density at radius 2 is 1.97 bits per heavy atom. The third-order valence-electron chi connectivity index (χ3n) is 5.03. The number of amides is 2. The summed E-state index contributed by atoms with van der Waals surface area (Å²) in [5.41, 5.74) is 4.95. The normalized spacial score (nSPS) is 14.8. The van der Waals surface area contributed by atoms with Crippen LogP contribution in [0, 0.1) is 0 Å². The van der Waals surface area contributed by atoms with Crippen molar-refractivity contribution in [3.05, 3.63) is 35.7 Å². The highest BCUT2D eigenvalue weighted by Gasteiger charge is 2.42. The van der Waals surface area contributed by atoms with E-state index >= 15 is 0 Å². The number of nitrogens with two attached hydrogens (primary N) is 1. The van der Waals surface area contributed by atoms with Crippen LogP contribution in [0.5, 0.6) is 5.75 Å². The lowest BCUT2D eigenvalue weighted by molar-refractivity contribution is -0.137. The number of pyridine rings is 2. The number of primary amides is 1. The van der Waals surface area contributed by atoms with E-state index in [9.17, 15) is 22.8 Å². The third-order valence-corrected chi connectivity index (χ3v) is 5.66. The largest absolute Gasteiger partial charge is 0.418 e. The van der Waals surface area contributed by atoms with Crippen molar-refractivity contribution in [1.29, 1.82) is 0 Å². The minimum absolute atomic E-state index is 0.0691. The van der Waals surface area contributed by atoms with Gasteiger partial charge in [0.25, 0.3) is 0 Å². The number of hydrogen-bond donors (Lipinski definition) is 2. The van der Waals surface area contributed by atoms with Crippen molar-refractivity contribution in [2.45, 2.75) is 25.4 Å². The van der Waals surface area contributed by atoms with Gasteiger partial charge in [0.05, 0.1) is 22.9 Å². The molecule has 2 amide bonds. The molecule has 10 nitrogen and oxygen atoms in total. The van der Waals surface area contributed by atoms with Crippen LogP contribution in [0.3, 0.4) is 0 Å². The Hall–Kier alpha value is -3.81. The van der Waals surface area contributed by atoms with Gasteiger partial charge in [0.2, 0.25) is 11.0 Å². The number of hydrogen-bond acceptors (Lipinski definition) is 9. The van der Waals surface area contributed by atoms with Gasteiger partial charge >= 0.3 is 12.3 Å². The van der Waals surface area contributed by atoms with Crippen LogP contribution in [0.1, 0.15) is 25.0 Å². The average molecular weight is 479 g/mol. The summed E-state index contributed by atoms with van der Waals surface area (Å²) >= 11 is 0.887. The lowest BCUT2D eigenvalue weighted by atomic mass is 9.86. The maximum atomic E-state index is 13.0. The van der Waals surface area contributed by atoms with Gasteiger partial charge in [0.1, 0.15) is 5.69 Å². The maximum Gasteiger partial charge on any atom is 0.418 e. The molecule has 1 aliphatic rings. The zero-order chi connectivity index (χ0) is 24.1. The Bertz CT molecular complexity index is 1280. The number of fused-ring (bicyclic) bond motifs is 1. The zero-order valence-electron chi connectivity index (χ0n) is 17.4. The lowest BCUT2D eigenvalue weighted by Gasteiger charge is -2.16. The Balaban J connectivity index is 1.64. The van der Waals surface area contributed by atoms with E-state index in [4.69, 9.17) is 5.73 Å². The fourth-order valence-electron chi connectivity index (χ4n) is 3.34. The smallest absolute Gasteiger partial charge is 0.407 e. The Labute approximate surface area is 188 Å². The average Bonchev–Trinajstić information content (AvgIpc) is 3.26.